The highest BCUT2D eigenvalue weighted by molar-refractivity contribution is 7.99. The average Bonchev–Trinajstić information content (AvgIpc) is 2.70. The standard InChI is InChI=1S/C15H24N2O2S/c1-14(2,3)11-7-16-13(20-9-12(18)19)17(11)8-10-6-15(10,4)5/h7,10H,6,8-9H2,1-5H3,(H,18,19). The minimum atomic E-state index is -0.798. The van der Waals surface area contributed by atoms with E-state index in [1.165, 1.54) is 23.9 Å². The van der Waals surface area contributed by atoms with Crippen LogP contribution in [0, 0.1) is 11.3 Å². The van der Waals surface area contributed by atoms with Gasteiger partial charge >= 0.3 is 5.97 Å². The van der Waals surface area contributed by atoms with Crippen molar-refractivity contribution in [3.05, 3.63) is 11.9 Å². The predicted molar refractivity (Wildman–Crippen MR) is 81.2 cm³/mol. The van der Waals surface area contributed by atoms with E-state index in [1.54, 1.807) is 0 Å². The van der Waals surface area contributed by atoms with Crippen LogP contribution < -0.4 is 0 Å². The number of aliphatic carboxylic acids is 1. The lowest BCUT2D eigenvalue weighted by Gasteiger charge is -2.22. The maximum Gasteiger partial charge on any atom is 0.313 e. The number of carbonyl (C=O) groups is 1. The van der Waals surface area contributed by atoms with E-state index in [9.17, 15) is 4.79 Å². The van der Waals surface area contributed by atoms with E-state index in [0.717, 1.165) is 11.7 Å². The van der Waals surface area contributed by atoms with Crippen LogP contribution in [0.15, 0.2) is 11.4 Å². The van der Waals surface area contributed by atoms with Gasteiger partial charge in [-0.05, 0) is 17.8 Å². The zero-order valence-electron chi connectivity index (χ0n) is 12.9. The molecule has 20 heavy (non-hydrogen) atoms. The predicted octanol–water partition coefficient (Wildman–Crippen LogP) is 3.40. The van der Waals surface area contributed by atoms with Crippen LogP contribution in [0.4, 0.5) is 0 Å². The first-order chi connectivity index (χ1) is 9.11. The van der Waals surface area contributed by atoms with Crippen LogP contribution in [0.5, 0.6) is 0 Å². The number of carboxylic acids is 1. The molecule has 5 heteroatoms. The fourth-order valence-electron chi connectivity index (χ4n) is 2.48. The van der Waals surface area contributed by atoms with Gasteiger partial charge in [0.05, 0.1) is 5.75 Å². The Morgan fingerprint density at radius 3 is 2.60 bits per heavy atom. The molecule has 1 aliphatic carbocycles. The Kier molecular flexibility index (Phi) is 3.93. The molecular weight excluding hydrogens is 272 g/mol. The molecule has 0 saturated heterocycles. The van der Waals surface area contributed by atoms with Crippen LogP contribution in [0.25, 0.3) is 0 Å². The van der Waals surface area contributed by atoms with Gasteiger partial charge in [-0.2, -0.15) is 0 Å². The van der Waals surface area contributed by atoms with Crippen molar-refractivity contribution in [1.82, 2.24) is 9.55 Å². The summed E-state index contributed by atoms with van der Waals surface area (Å²) in [7, 11) is 0. The molecule has 0 amide bonds. The summed E-state index contributed by atoms with van der Waals surface area (Å²) in [5.74, 6) is -0.0649. The van der Waals surface area contributed by atoms with Gasteiger partial charge in [-0.3, -0.25) is 4.79 Å². The monoisotopic (exact) mass is 296 g/mol. The lowest BCUT2D eigenvalue weighted by molar-refractivity contribution is -0.133. The quantitative estimate of drug-likeness (QED) is 0.846. The van der Waals surface area contributed by atoms with Gasteiger partial charge in [0.1, 0.15) is 0 Å². The summed E-state index contributed by atoms with van der Waals surface area (Å²) >= 11 is 1.31. The maximum absolute atomic E-state index is 10.8. The molecule has 1 aliphatic rings. The Morgan fingerprint density at radius 1 is 1.55 bits per heavy atom. The van der Waals surface area contributed by atoms with E-state index in [-0.39, 0.29) is 11.2 Å². The number of thioether (sulfide) groups is 1. The first kappa shape index (κ1) is 15.4. The molecule has 4 nitrogen and oxygen atoms in total. The molecule has 1 atom stereocenters. The Labute approximate surface area is 125 Å². The third-order valence-corrected chi connectivity index (χ3v) is 5.01. The van der Waals surface area contributed by atoms with E-state index >= 15 is 0 Å². The Morgan fingerprint density at radius 2 is 2.15 bits per heavy atom. The van der Waals surface area contributed by atoms with Gasteiger partial charge in [0.15, 0.2) is 5.16 Å². The summed E-state index contributed by atoms with van der Waals surface area (Å²) in [6, 6.07) is 0. The van der Waals surface area contributed by atoms with Crippen LogP contribution in [0.2, 0.25) is 0 Å². The summed E-state index contributed by atoms with van der Waals surface area (Å²) in [5, 5.41) is 9.69. The fraction of sp³-hybridized carbons (Fsp3) is 0.733. The molecule has 1 fully saturated rings. The van der Waals surface area contributed by atoms with E-state index in [1.807, 2.05) is 6.20 Å². The highest BCUT2D eigenvalue weighted by Gasteiger charge is 2.46. The number of aromatic nitrogens is 2. The Balaban J connectivity index is 2.23. The van der Waals surface area contributed by atoms with E-state index in [4.69, 9.17) is 5.11 Å². The number of imidazole rings is 1. The maximum atomic E-state index is 10.8. The fourth-order valence-corrected chi connectivity index (χ4v) is 3.19. The molecular formula is C15H24N2O2S. The SMILES string of the molecule is CC(C)(C)c1cnc(SCC(=O)O)n1CC1CC1(C)C. The van der Waals surface area contributed by atoms with Crippen LogP contribution in [0.1, 0.15) is 46.7 Å². The lowest BCUT2D eigenvalue weighted by atomic mass is 9.92. The van der Waals surface area contributed by atoms with Crippen LogP contribution in [-0.2, 0) is 16.8 Å². The normalized spacial score (nSPS) is 20.9. The van der Waals surface area contributed by atoms with E-state index in [0.29, 0.717) is 11.3 Å². The number of hydrogen-bond acceptors (Lipinski definition) is 3. The van der Waals surface area contributed by atoms with Crippen molar-refractivity contribution in [2.75, 3.05) is 5.75 Å². The molecule has 0 aliphatic heterocycles. The van der Waals surface area contributed by atoms with Crippen molar-refractivity contribution in [3.8, 4) is 0 Å². The molecule has 0 spiro atoms. The van der Waals surface area contributed by atoms with E-state index < -0.39 is 5.97 Å². The first-order valence-corrected chi connectivity index (χ1v) is 8.00. The first-order valence-electron chi connectivity index (χ1n) is 7.02. The van der Waals surface area contributed by atoms with Crippen molar-refractivity contribution < 1.29 is 9.90 Å². The summed E-state index contributed by atoms with van der Waals surface area (Å²) in [6.45, 7) is 12.0. The topological polar surface area (TPSA) is 55.1 Å². The summed E-state index contributed by atoms with van der Waals surface area (Å²) in [4.78, 5) is 15.2. The van der Waals surface area contributed by atoms with Crippen LogP contribution >= 0.6 is 11.8 Å². The van der Waals surface area contributed by atoms with Gasteiger partial charge in [0.2, 0.25) is 0 Å². The molecule has 2 rings (SSSR count). The largest absolute Gasteiger partial charge is 0.481 e. The second-order valence-electron chi connectivity index (χ2n) is 7.36. The van der Waals surface area contributed by atoms with Crippen molar-refractivity contribution in [3.63, 3.8) is 0 Å². The zero-order chi connectivity index (χ0) is 15.1. The van der Waals surface area contributed by atoms with Crippen LogP contribution in [0.3, 0.4) is 0 Å². The third-order valence-electron chi connectivity index (χ3n) is 4.03. The molecule has 0 radical (unpaired) electrons. The Hall–Kier alpha value is -0.970. The van der Waals surface area contributed by atoms with Crippen molar-refractivity contribution >= 4 is 17.7 Å². The molecule has 1 N–H and O–H groups in total. The second kappa shape index (κ2) is 5.10. The molecule has 1 unspecified atom stereocenters. The molecule has 1 heterocycles. The summed E-state index contributed by atoms with van der Waals surface area (Å²) < 4.78 is 2.23. The van der Waals surface area contributed by atoms with E-state index in [2.05, 4.69) is 44.2 Å². The van der Waals surface area contributed by atoms with Gasteiger partial charge in [0, 0.05) is 23.9 Å². The molecule has 1 saturated carbocycles. The van der Waals surface area contributed by atoms with Gasteiger partial charge in [0.25, 0.3) is 0 Å². The smallest absolute Gasteiger partial charge is 0.313 e. The molecule has 0 bridgehead atoms. The Bertz CT molecular complexity index is 514. The van der Waals surface area contributed by atoms with Gasteiger partial charge in [-0.1, -0.05) is 46.4 Å². The van der Waals surface area contributed by atoms with Gasteiger partial charge < -0.3 is 9.67 Å². The number of nitrogens with zero attached hydrogens (tertiary/aromatic N) is 2. The van der Waals surface area contributed by atoms with Crippen molar-refractivity contribution in [2.24, 2.45) is 11.3 Å². The highest BCUT2D eigenvalue weighted by atomic mass is 32.2. The number of hydrogen-bond donors (Lipinski definition) is 1. The number of carboxylic acid groups (broad SMARTS) is 1. The van der Waals surface area contributed by atoms with Crippen molar-refractivity contribution in [1.29, 1.82) is 0 Å². The van der Waals surface area contributed by atoms with Gasteiger partial charge in [-0.25, -0.2) is 4.98 Å². The average molecular weight is 296 g/mol. The van der Waals surface area contributed by atoms with Crippen molar-refractivity contribution in [2.45, 2.75) is 58.2 Å². The minimum Gasteiger partial charge on any atom is -0.481 e. The summed E-state index contributed by atoms with van der Waals surface area (Å²) in [5.41, 5.74) is 1.62. The molecule has 112 valence electrons. The zero-order valence-corrected chi connectivity index (χ0v) is 13.8. The lowest BCUT2D eigenvalue weighted by Crippen LogP contribution is -2.19. The minimum absolute atomic E-state index is 0.0219. The number of rotatable bonds is 5. The summed E-state index contributed by atoms with van der Waals surface area (Å²) in [6.07, 6.45) is 3.14. The molecule has 1 aromatic heterocycles. The third kappa shape index (κ3) is 3.37. The second-order valence-corrected chi connectivity index (χ2v) is 8.30. The molecule has 0 aromatic carbocycles. The highest BCUT2D eigenvalue weighted by Crippen LogP contribution is 2.53. The molecule has 1 aromatic rings. The van der Waals surface area contributed by atoms with Crippen LogP contribution in [-0.4, -0.2) is 26.4 Å². The van der Waals surface area contributed by atoms with Gasteiger partial charge in [-0.15, -0.1) is 0 Å².